The molecule has 0 heterocycles. The SMILES string of the molecule is CC(C)/[N+]([O-])=N/[O-].CC(C)N(C)N=O.CC(C)N=O.CC(C)NC(=O)NO.CC(C)NO.CC(C)SN=O.CC(C)[N+](=O)[O-].CCC.CCC.CCC.CCC.CCC.CCC.CCC. The third-order valence-corrected chi connectivity index (χ3v) is 3.57. The highest BCUT2D eigenvalue weighted by Crippen LogP contribution is 2.07. The van der Waals surface area contributed by atoms with Crippen LogP contribution in [-0.2, 0) is 0 Å². The molecule has 0 fully saturated rings. The van der Waals surface area contributed by atoms with Gasteiger partial charge in [0.15, 0.2) is 6.04 Å². The fraction of sp³-hybridized carbons (Fsp3) is 0.977. The molecular weight excluding hydrogens is 861 g/mol. The van der Waals surface area contributed by atoms with Crippen molar-refractivity contribution in [3.63, 3.8) is 0 Å². The second-order valence-electron chi connectivity index (χ2n) is 15.0. The average molecular weight is 975 g/mol. The largest absolute Gasteiger partial charge is 0.739 e. The second kappa shape index (κ2) is 108. The van der Waals surface area contributed by atoms with E-state index in [1.54, 1.807) is 62.4 Å². The molecular formula is C44H113N10O10S-. The Morgan fingerprint density at radius 3 is 0.862 bits per heavy atom. The molecule has 0 aliphatic heterocycles. The summed E-state index contributed by atoms with van der Waals surface area (Å²) in [7, 11) is 1.65. The molecule has 0 rings (SSSR count). The standard InChI is InChI=1S/C4H10N2O2.C4H10N2O.C3H8N2O2.C3H7NO2.C3H7NOS.C3H9NO.C3H7NO.7C3H8/c1-3(2)5-4(7)6-8;1-4(2)6(3)5-7;1-3(2)5(7)4-6;1-3(2)4(5)6;1-3(2)6-4-5;2*1-3(2)4-5;7*1-3-2/h3,8H,1-2H3,(H2,5,6,7);4H,1-3H3;3,6H,1-2H3;2*3H,1-2H3;3-5H,1-2H3;3H,1-2H3;7*3H2,1-2H3/p-1/b;;5-4-;;;;;;;;;;;. The number of carbonyl (C=O) groups excluding carboxylic acids is 1. The maximum Gasteiger partial charge on any atom is 0.338 e. The second-order valence-corrected chi connectivity index (χ2v) is 16.3. The Labute approximate surface area is 406 Å². The molecule has 0 spiro atoms. The van der Waals surface area contributed by atoms with Gasteiger partial charge >= 0.3 is 6.03 Å². The van der Waals surface area contributed by atoms with Gasteiger partial charge in [-0.05, 0) is 60.7 Å². The fourth-order valence-electron chi connectivity index (χ4n) is 0.569. The molecule has 0 aliphatic carbocycles. The molecule has 5 N–H and O–H groups in total. The van der Waals surface area contributed by atoms with Crippen LogP contribution >= 0.6 is 11.9 Å². The minimum atomic E-state index is -0.569. The lowest BCUT2D eigenvalue weighted by atomic mass is 10.4. The van der Waals surface area contributed by atoms with E-state index in [2.05, 4.69) is 123 Å². The number of urea groups is 1. The summed E-state index contributed by atoms with van der Waals surface area (Å²) >= 11 is 1.06. The van der Waals surface area contributed by atoms with Crippen LogP contribution in [0.15, 0.2) is 20.3 Å². The Balaban J connectivity index is -0.0000000365. The van der Waals surface area contributed by atoms with Crippen LogP contribution in [0.2, 0.25) is 0 Å². The maximum atomic E-state index is 10.2. The number of nitrogens with zero attached hydrogens (tertiary/aromatic N) is 7. The van der Waals surface area contributed by atoms with Crippen LogP contribution in [0.3, 0.4) is 0 Å². The summed E-state index contributed by atoms with van der Waals surface area (Å²) in [6.07, 6.45) is 8.75. The Morgan fingerprint density at radius 2 is 0.846 bits per heavy atom. The lowest BCUT2D eigenvalue weighted by Gasteiger charge is -2.10. The number of nitro groups is 1. The average Bonchev–Trinajstić information content (AvgIpc) is 3.20. The number of nitroso groups, excluding NO2 is 3. The van der Waals surface area contributed by atoms with Gasteiger partial charge in [-0.25, -0.2) is 15.8 Å². The predicted molar refractivity (Wildman–Crippen MR) is 285 cm³/mol. The third-order valence-electron chi connectivity index (χ3n) is 3.06. The van der Waals surface area contributed by atoms with Crippen molar-refractivity contribution in [3.05, 3.63) is 35.3 Å². The van der Waals surface area contributed by atoms with Gasteiger partial charge in [-0.1, -0.05) is 166 Å². The lowest BCUT2D eigenvalue weighted by Crippen LogP contribution is -2.37. The first-order chi connectivity index (χ1) is 29.9. The predicted octanol–water partition coefficient (Wildman–Crippen LogP) is 15.9. The van der Waals surface area contributed by atoms with Crippen LogP contribution in [-0.4, -0.2) is 79.8 Å². The van der Waals surface area contributed by atoms with Crippen LogP contribution in [0, 0.1) is 35.3 Å². The van der Waals surface area contributed by atoms with Crippen molar-refractivity contribution >= 4 is 18.0 Å². The fourth-order valence-corrected chi connectivity index (χ4v) is 0.741. The van der Waals surface area contributed by atoms with E-state index in [0.717, 1.165) is 11.9 Å². The monoisotopic (exact) mass is 974 g/mol. The minimum Gasteiger partial charge on any atom is -0.739 e. The van der Waals surface area contributed by atoms with Gasteiger partial charge in [0.1, 0.15) is 0 Å². The van der Waals surface area contributed by atoms with E-state index in [9.17, 15) is 40.0 Å². The van der Waals surface area contributed by atoms with E-state index < -0.39 is 12.1 Å². The molecule has 0 bridgehead atoms. The minimum absolute atomic E-state index is 0.0463. The summed E-state index contributed by atoms with van der Waals surface area (Å²) in [4.78, 5) is 47.6. The summed E-state index contributed by atoms with van der Waals surface area (Å²) < 4.78 is 2.60. The third kappa shape index (κ3) is 317. The molecule has 65 heavy (non-hydrogen) atoms. The Kier molecular flexibility index (Phi) is 166. The molecule has 0 saturated heterocycles. The summed E-state index contributed by atoms with van der Waals surface area (Å²) in [5, 5.41) is 56.1. The van der Waals surface area contributed by atoms with Gasteiger partial charge in [0.2, 0.25) is 6.04 Å². The summed E-state index contributed by atoms with van der Waals surface area (Å²) in [5.41, 5.74) is 3.47. The van der Waals surface area contributed by atoms with Crippen LogP contribution in [0.25, 0.3) is 0 Å². The van der Waals surface area contributed by atoms with E-state index in [-0.39, 0.29) is 40.0 Å². The molecule has 20 nitrogen and oxygen atoms in total. The number of amides is 2. The summed E-state index contributed by atoms with van der Waals surface area (Å²) in [6, 6.07) is -0.910. The zero-order valence-electron chi connectivity index (χ0n) is 47.7. The quantitative estimate of drug-likeness (QED) is 0.0273. The molecule has 0 atom stereocenters. The number of carbonyl (C=O) groups is 1. The zero-order chi connectivity index (χ0) is 56.0. The van der Waals surface area contributed by atoms with Crippen LogP contribution in [0.5, 0.6) is 0 Å². The van der Waals surface area contributed by atoms with Gasteiger partial charge < -0.3 is 20.9 Å². The normalized spacial score (nSPS) is 8.49. The van der Waals surface area contributed by atoms with Crippen molar-refractivity contribution < 1.29 is 25.0 Å². The van der Waals surface area contributed by atoms with E-state index in [1.165, 1.54) is 55.4 Å². The van der Waals surface area contributed by atoms with Crippen molar-refractivity contribution in [1.82, 2.24) is 21.3 Å². The first-order valence-corrected chi connectivity index (χ1v) is 24.1. The van der Waals surface area contributed by atoms with Crippen LogP contribution in [0.1, 0.15) is 239 Å². The Bertz CT molecular complexity index is 799. The highest BCUT2D eigenvalue weighted by atomic mass is 32.2. The van der Waals surface area contributed by atoms with Crippen molar-refractivity contribution in [2.24, 2.45) is 20.3 Å². The molecule has 0 saturated carbocycles. The van der Waals surface area contributed by atoms with Gasteiger partial charge in [0, 0.05) is 79.6 Å². The first kappa shape index (κ1) is 99.9. The maximum absolute atomic E-state index is 10.2. The number of hydrogen-bond donors (Lipinski definition) is 5. The van der Waals surface area contributed by atoms with E-state index >= 15 is 0 Å². The number of rotatable bonds is 9. The van der Waals surface area contributed by atoms with Gasteiger partial charge in [-0.2, -0.15) is 4.91 Å². The van der Waals surface area contributed by atoms with E-state index in [1.807, 2.05) is 47.0 Å². The topological polar surface area (TPSA) is 290 Å². The Hall–Kier alpha value is -3.30. The summed E-state index contributed by atoms with van der Waals surface area (Å²) in [6.45, 7) is 54.5. The molecule has 0 radical (unpaired) electrons. The van der Waals surface area contributed by atoms with Crippen molar-refractivity contribution in [3.8, 4) is 0 Å². The number of nitrogens with one attached hydrogen (secondary N) is 3. The molecule has 2 amide bonds. The Morgan fingerprint density at radius 1 is 0.600 bits per heavy atom. The highest BCUT2D eigenvalue weighted by Gasteiger charge is 1.99. The van der Waals surface area contributed by atoms with E-state index in [4.69, 9.17) is 10.4 Å². The van der Waals surface area contributed by atoms with E-state index in [0.29, 0.717) is 5.25 Å². The van der Waals surface area contributed by atoms with Gasteiger partial charge in [0.25, 0.3) is 0 Å². The summed E-state index contributed by atoms with van der Waals surface area (Å²) in [5.74, 6) is 0. The first-order valence-electron chi connectivity index (χ1n) is 23.3. The van der Waals surface area contributed by atoms with Gasteiger partial charge in [0.05, 0.1) is 11.3 Å². The molecule has 406 valence electrons. The van der Waals surface area contributed by atoms with Gasteiger partial charge in [-0.3, -0.25) is 20.3 Å². The van der Waals surface area contributed by atoms with Crippen molar-refractivity contribution in [1.29, 1.82) is 0 Å². The number of hydroxylamine groups is 3. The highest BCUT2D eigenvalue weighted by molar-refractivity contribution is 7.98. The smallest absolute Gasteiger partial charge is 0.338 e. The zero-order valence-corrected chi connectivity index (χ0v) is 48.5. The molecule has 0 aromatic rings. The van der Waals surface area contributed by atoms with Crippen molar-refractivity contribution in [2.45, 2.75) is 280 Å². The molecule has 0 aliphatic rings. The lowest BCUT2D eigenvalue weighted by molar-refractivity contribution is -0.556. The molecule has 21 heteroatoms. The van der Waals surface area contributed by atoms with Crippen molar-refractivity contribution in [2.75, 3.05) is 7.05 Å². The number of hydrogen-bond acceptors (Lipinski definition) is 16. The van der Waals surface area contributed by atoms with Crippen LogP contribution < -0.4 is 16.3 Å². The van der Waals surface area contributed by atoms with Crippen LogP contribution in [0.4, 0.5) is 4.79 Å². The molecule has 0 aromatic carbocycles. The molecule has 0 aromatic heterocycles. The molecule has 0 unspecified atom stereocenters. The van der Waals surface area contributed by atoms with Gasteiger partial charge in [-0.15, -0.1) is 9.81 Å².